The first-order chi connectivity index (χ1) is 11.2. The number of aldehydes is 2. The Labute approximate surface area is 136 Å². The lowest BCUT2D eigenvalue weighted by molar-refractivity contribution is -0.120. The summed E-state index contributed by atoms with van der Waals surface area (Å²) >= 11 is 0. The summed E-state index contributed by atoms with van der Waals surface area (Å²) in [4.78, 5) is 34.4. The summed E-state index contributed by atoms with van der Waals surface area (Å²) in [5, 5.41) is 2.83. The molecule has 0 heterocycles. The standard InChI is InChI=1S/C18H23NO4/c20-12-6-11-18(14-21)10-5-4-9-16(18)19-17(22)23-13-15-7-2-1-3-8-15/h1-3,7-8,12,14,16H,4-6,9-11,13H2,(H,19,22)/t16-,18-/m1/s1. The lowest BCUT2D eigenvalue weighted by Gasteiger charge is -2.40. The van der Waals surface area contributed by atoms with E-state index < -0.39 is 11.5 Å². The first-order valence-corrected chi connectivity index (χ1v) is 8.07. The second-order valence-corrected chi connectivity index (χ2v) is 6.06. The van der Waals surface area contributed by atoms with E-state index in [1.165, 1.54) is 0 Å². The first-order valence-electron chi connectivity index (χ1n) is 8.07. The van der Waals surface area contributed by atoms with Crippen molar-refractivity contribution < 1.29 is 19.1 Å². The quantitative estimate of drug-likeness (QED) is 0.785. The summed E-state index contributed by atoms with van der Waals surface area (Å²) in [6.07, 6.45) is 5.36. The van der Waals surface area contributed by atoms with Crippen LogP contribution in [-0.2, 0) is 20.9 Å². The first kappa shape index (κ1) is 17.2. The minimum atomic E-state index is -0.648. The maximum Gasteiger partial charge on any atom is 0.407 e. The van der Waals surface area contributed by atoms with E-state index >= 15 is 0 Å². The summed E-state index contributed by atoms with van der Waals surface area (Å²) in [6, 6.07) is 9.17. The van der Waals surface area contributed by atoms with Crippen molar-refractivity contribution in [1.29, 1.82) is 0 Å². The SMILES string of the molecule is O=CCC[C@@]1(C=O)CCCC[C@H]1NC(=O)OCc1ccccc1. The lowest BCUT2D eigenvalue weighted by Crippen LogP contribution is -2.50. The Kier molecular flexibility index (Phi) is 6.32. The number of benzene rings is 1. The molecule has 1 saturated carbocycles. The average Bonchev–Trinajstić information content (AvgIpc) is 2.60. The van der Waals surface area contributed by atoms with Crippen LogP contribution < -0.4 is 5.32 Å². The maximum atomic E-state index is 12.0. The minimum absolute atomic E-state index is 0.196. The van der Waals surface area contributed by atoms with Gasteiger partial charge >= 0.3 is 6.09 Å². The molecule has 0 radical (unpaired) electrons. The number of rotatable bonds is 7. The summed E-state index contributed by atoms with van der Waals surface area (Å²) in [7, 11) is 0. The molecule has 2 atom stereocenters. The van der Waals surface area contributed by atoms with Gasteiger partial charge in [0.2, 0.25) is 0 Å². The van der Waals surface area contributed by atoms with Crippen LogP contribution in [0.15, 0.2) is 30.3 Å². The van der Waals surface area contributed by atoms with Gasteiger partial charge in [-0.05, 0) is 24.8 Å². The number of hydrogen-bond donors (Lipinski definition) is 1. The summed E-state index contributed by atoms with van der Waals surface area (Å²) in [6.45, 7) is 0.196. The van der Waals surface area contributed by atoms with Gasteiger partial charge < -0.3 is 19.6 Å². The largest absolute Gasteiger partial charge is 0.445 e. The normalized spacial score (nSPS) is 23.7. The molecule has 124 valence electrons. The molecule has 0 aliphatic heterocycles. The Morgan fingerprint density at radius 3 is 2.74 bits per heavy atom. The van der Waals surface area contributed by atoms with Crippen LogP contribution in [0.3, 0.4) is 0 Å². The summed E-state index contributed by atoms with van der Waals surface area (Å²) in [5.74, 6) is 0. The van der Waals surface area contributed by atoms with Crippen LogP contribution in [0.4, 0.5) is 4.79 Å². The molecular formula is C18H23NO4. The van der Waals surface area contributed by atoms with E-state index in [-0.39, 0.29) is 12.6 Å². The van der Waals surface area contributed by atoms with Gasteiger partial charge in [-0.1, -0.05) is 43.2 Å². The summed E-state index contributed by atoms with van der Waals surface area (Å²) in [5.41, 5.74) is 0.263. The fraction of sp³-hybridized carbons (Fsp3) is 0.500. The van der Waals surface area contributed by atoms with Crippen molar-refractivity contribution in [3.63, 3.8) is 0 Å². The van der Waals surface area contributed by atoms with Gasteiger partial charge in [0.15, 0.2) is 0 Å². The zero-order valence-electron chi connectivity index (χ0n) is 13.2. The van der Waals surface area contributed by atoms with Crippen LogP contribution in [0.2, 0.25) is 0 Å². The molecule has 0 unspecified atom stereocenters. The Bertz CT molecular complexity index is 531. The molecule has 0 aromatic heterocycles. The van der Waals surface area contributed by atoms with E-state index in [4.69, 9.17) is 4.74 Å². The molecule has 2 rings (SSSR count). The molecule has 0 saturated heterocycles. The van der Waals surface area contributed by atoms with Gasteiger partial charge in [0.05, 0.1) is 0 Å². The van der Waals surface area contributed by atoms with E-state index in [0.717, 1.165) is 37.4 Å². The van der Waals surface area contributed by atoms with Crippen molar-refractivity contribution in [2.45, 2.75) is 51.2 Å². The number of carbonyl (C=O) groups is 3. The Morgan fingerprint density at radius 1 is 1.26 bits per heavy atom. The van der Waals surface area contributed by atoms with Crippen molar-refractivity contribution in [3.05, 3.63) is 35.9 Å². The van der Waals surface area contributed by atoms with Crippen LogP contribution in [-0.4, -0.2) is 24.7 Å². The van der Waals surface area contributed by atoms with E-state index in [1.54, 1.807) is 0 Å². The third-order valence-electron chi connectivity index (χ3n) is 4.55. The second-order valence-electron chi connectivity index (χ2n) is 6.06. The number of amides is 1. The van der Waals surface area contributed by atoms with Gasteiger partial charge in [0, 0.05) is 17.9 Å². The van der Waals surface area contributed by atoms with Crippen LogP contribution in [0, 0.1) is 5.41 Å². The monoisotopic (exact) mass is 317 g/mol. The van der Waals surface area contributed by atoms with Crippen molar-refractivity contribution >= 4 is 18.7 Å². The van der Waals surface area contributed by atoms with E-state index in [2.05, 4.69) is 5.32 Å². The highest BCUT2D eigenvalue weighted by Crippen LogP contribution is 2.38. The highest BCUT2D eigenvalue weighted by Gasteiger charge is 2.41. The number of nitrogens with one attached hydrogen (secondary N) is 1. The van der Waals surface area contributed by atoms with Crippen LogP contribution in [0.1, 0.15) is 44.1 Å². The van der Waals surface area contributed by atoms with Gasteiger partial charge in [-0.2, -0.15) is 0 Å². The van der Waals surface area contributed by atoms with Gasteiger partial charge in [-0.15, -0.1) is 0 Å². The zero-order chi connectivity index (χ0) is 16.5. The molecule has 0 bridgehead atoms. The number of ether oxygens (including phenoxy) is 1. The average molecular weight is 317 g/mol. The van der Waals surface area contributed by atoms with Gasteiger partial charge in [0.25, 0.3) is 0 Å². The predicted molar refractivity (Wildman–Crippen MR) is 85.8 cm³/mol. The number of carbonyl (C=O) groups excluding carboxylic acids is 3. The fourth-order valence-corrected chi connectivity index (χ4v) is 3.21. The topological polar surface area (TPSA) is 72.5 Å². The molecule has 1 fully saturated rings. The number of alkyl carbamates (subject to hydrolysis) is 1. The van der Waals surface area contributed by atoms with Gasteiger partial charge in [0.1, 0.15) is 19.2 Å². The van der Waals surface area contributed by atoms with Crippen molar-refractivity contribution in [1.82, 2.24) is 5.32 Å². The highest BCUT2D eigenvalue weighted by atomic mass is 16.5. The molecule has 23 heavy (non-hydrogen) atoms. The number of hydrogen-bond acceptors (Lipinski definition) is 4. The highest BCUT2D eigenvalue weighted by molar-refractivity contribution is 5.70. The minimum Gasteiger partial charge on any atom is -0.445 e. The molecule has 1 aromatic rings. The molecule has 1 aromatic carbocycles. The Balaban J connectivity index is 1.93. The van der Waals surface area contributed by atoms with Crippen LogP contribution in [0.25, 0.3) is 0 Å². The molecule has 1 N–H and O–H groups in total. The maximum absolute atomic E-state index is 12.0. The van der Waals surface area contributed by atoms with E-state index in [0.29, 0.717) is 19.3 Å². The predicted octanol–water partition coefficient (Wildman–Crippen LogP) is 3.02. The molecular weight excluding hydrogens is 294 g/mol. The van der Waals surface area contributed by atoms with Crippen molar-refractivity contribution in [2.75, 3.05) is 0 Å². The van der Waals surface area contributed by atoms with Crippen molar-refractivity contribution in [3.8, 4) is 0 Å². The lowest BCUT2D eigenvalue weighted by atomic mass is 9.68. The van der Waals surface area contributed by atoms with E-state index in [1.807, 2.05) is 30.3 Å². The van der Waals surface area contributed by atoms with Crippen molar-refractivity contribution in [2.24, 2.45) is 5.41 Å². The van der Waals surface area contributed by atoms with Gasteiger partial charge in [-0.25, -0.2) is 4.79 Å². The fourth-order valence-electron chi connectivity index (χ4n) is 3.21. The van der Waals surface area contributed by atoms with E-state index in [9.17, 15) is 14.4 Å². The Hall–Kier alpha value is -2.17. The summed E-state index contributed by atoms with van der Waals surface area (Å²) < 4.78 is 5.24. The van der Waals surface area contributed by atoms with Crippen LogP contribution >= 0.6 is 0 Å². The molecule has 5 nitrogen and oxygen atoms in total. The van der Waals surface area contributed by atoms with Crippen LogP contribution in [0.5, 0.6) is 0 Å². The molecule has 1 aliphatic rings. The smallest absolute Gasteiger partial charge is 0.407 e. The molecule has 5 heteroatoms. The molecule has 1 aliphatic carbocycles. The van der Waals surface area contributed by atoms with Gasteiger partial charge in [-0.3, -0.25) is 0 Å². The zero-order valence-corrected chi connectivity index (χ0v) is 13.2. The third kappa shape index (κ3) is 4.65. The molecule has 1 amide bonds. The Morgan fingerprint density at radius 2 is 2.04 bits per heavy atom. The third-order valence-corrected chi connectivity index (χ3v) is 4.55. The second kappa shape index (κ2) is 8.46. The molecule has 0 spiro atoms.